The minimum Gasteiger partial charge on any atom is -0.493 e. The molecule has 1 N–H and O–H groups in total. The fourth-order valence-electron chi connectivity index (χ4n) is 3.36. The predicted molar refractivity (Wildman–Crippen MR) is 98.5 cm³/mol. The molecule has 0 bridgehead atoms. The summed E-state index contributed by atoms with van der Waals surface area (Å²) in [4.78, 5) is 21.2. The van der Waals surface area contributed by atoms with Crippen molar-refractivity contribution in [3.05, 3.63) is 47.0 Å². The average molecular weight is 355 g/mol. The molecule has 0 radical (unpaired) electrons. The van der Waals surface area contributed by atoms with Gasteiger partial charge in [-0.15, -0.1) is 0 Å². The fraction of sp³-hybridized carbons (Fsp3) is 0.450. The molecule has 0 saturated heterocycles. The Morgan fingerprint density at radius 2 is 2.08 bits per heavy atom. The SMILES string of the molecule is COc1ccc(CCC(=O)N[C@@H]2CCCc3nc(C)ncc32)cc1OC. The van der Waals surface area contributed by atoms with Crippen LogP contribution in [0.1, 0.15) is 47.9 Å². The number of carbonyl (C=O) groups excluding carboxylic acids is 1. The van der Waals surface area contributed by atoms with Gasteiger partial charge in [0.2, 0.25) is 5.91 Å². The van der Waals surface area contributed by atoms with Crippen molar-refractivity contribution in [2.45, 2.75) is 45.1 Å². The van der Waals surface area contributed by atoms with Crippen molar-refractivity contribution in [1.29, 1.82) is 0 Å². The van der Waals surface area contributed by atoms with Gasteiger partial charge in [0.1, 0.15) is 5.82 Å². The molecular weight excluding hydrogens is 330 g/mol. The van der Waals surface area contributed by atoms with Gasteiger partial charge in [-0.2, -0.15) is 0 Å². The second-order valence-electron chi connectivity index (χ2n) is 6.52. The van der Waals surface area contributed by atoms with E-state index in [0.29, 0.717) is 24.3 Å². The molecule has 3 rings (SSSR count). The highest BCUT2D eigenvalue weighted by atomic mass is 16.5. The lowest BCUT2D eigenvalue weighted by Crippen LogP contribution is -2.31. The monoisotopic (exact) mass is 355 g/mol. The maximum atomic E-state index is 12.4. The van der Waals surface area contributed by atoms with Crippen LogP contribution in [0.15, 0.2) is 24.4 Å². The van der Waals surface area contributed by atoms with Crippen LogP contribution in [-0.4, -0.2) is 30.1 Å². The van der Waals surface area contributed by atoms with Gasteiger partial charge in [-0.3, -0.25) is 4.79 Å². The van der Waals surface area contributed by atoms with Crippen LogP contribution < -0.4 is 14.8 Å². The maximum Gasteiger partial charge on any atom is 0.220 e. The largest absolute Gasteiger partial charge is 0.493 e. The molecule has 1 aromatic heterocycles. The summed E-state index contributed by atoms with van der Waals surface area (Å²) in [7, 11) is 3.22. The molecule has 0 aliphatic heterocycles. The molecule has 0 fully saturated rings. The minimum absolute atomic E-state index is 0.0113. The summed E-state index contributed by atoms with van der Waals surface area (Å²) in [6.07, 6.45) is 5.85. The molecule has 1 amide bonds. The van der Waals surface area contributed by atoms with Crippen LogP contribution in [0.2, 0.25) is 0 Å². The van der Waals surface area contributed by atoms with Crippen molar-refractivity contribution in [3.63, 3.8) is 0 Å². The first-order valence-electron chi connectivity index (χ1n) is 8.93. The molecule has 26 heavy (non-hydrogen) atoms. The van der Waals surface area contributed by atoms with Gasteiger partial charge in [-0.1, -0.05) is 6.07 Å². The Morgan fingerprint density at radius 3 is 2.85 bits per heavy atom. The molecule has 6 nitrogen and oxygen atoms in total. The number of hydrogen-bond acceptors (Lipinski definition) is 5. The van der Waals surface area contributed by atoms with Gasteiger partial charge in [-0.05, 0) is 50.3 Å². The highest BCUT2D eigenvalue weighted by Crippen LogP contribution is 2.29. The Labute approximate surface area is 154 Å². The van der Waals surface area contributed by atoms with Crippen LogP contribution in [-0.2, 0) is 17.6 Å². The quantitative estimate of drug-likeness (QED) is 0.862. The average Bonchev–Trinajstić information content (AvgIpc) is 2.66. The number of aromatic nitrogens is 2. The third-order valence-electron chi connectivity index (χ3n) is 4.73. The standard InChI is InChI=1S/C20H25N3O3/c1-13-21-12-15-16(22-13)5-4-6-17(15)23-20(24)10-8-14-7-9-18(25-2)19(11-14)26-3/h7,9,11-12,17H,4-6,8,10H2,1-3H3,(H,23,24)/t17-/m1/s1. The van der Waals surface area contributed by atoms with Crippen molar-refractivity contribution >= 4 is 5.91 Å². The normalized spacial score (nSPS) is 15.9. The Morgan fingerprint density at radius 1 is 1.27 bits per heavy atom. The zero-order valence-corrected chi connectivity index (χ0v) is 15.5. The van der Waals surface area contributed by atoms with Gasteiger partial charge in [0.05, 0.1) is 20.3 Å². The lowest BCUT2D eigenvalue weighted by atomic mass is 9.92. The van der Waals surface area contributed by atoms with Gasteiger partial charge in [0, 0.05) is 23.9 Å². The van der Waals surface area contributed by atoms with E-state index < -0.39 is 0 Å². The van der Waals surface area contributed by atoms with Gasteiger partial charge in [-0.25, -0.2) is 9.97 Å². The van der Waals surface area contributed by atoms with E-state index in [0.717, 1.165) is 41.9 Å². The van der Waals surface area contributed by atoms with Crippen LogP contribution in [0, 0.1) is 6.92 Å². The molecular formula is C20H25N3O3. The summed E-state index contributed by atoms with van der Waals surface area (Å²) in [5.41, 5.74) is 3.16. The third kappa shape index (κ3) is 4.12. The van der Waals surface area contributed by atoms with Crippen molar-refractivity contribution in [3.8, 4) is 11.5 Å². The number of hydrogen-bond donors (Lipinski definition) is 1. The minimum atomic E-state index is 0.0113. The van der Waals surface area contributed by atoms with Gasteiger partial charge in [0.25, 0.3) is 0 Å². The van der Waals surface area contributed by atoms with E-state index in [1.165, 1.54) is 0 Å². The van der Waals surface area contributed by atoms with Crippen molar-refractivity contribution in [2.24, 2.45) is 0 Å². The van der Waals surface area contributed by atoms with Crippen molar-refractivity contribution in [2.75, 3.05) is 14.2 Å². The molecule has 2 aromatic rings. The summed E-state index contributed by atoms with van der Waals surface area (Å²) in [6, 6.07) is 5.75. The number of nitrogens with zero attached hydrogens (tertiary/aromatic N) is 2. The van der Waals surface area contributed by atoms with E-state index in [1.54, 1.807) is 14.2 Å². The smallest absolute Gasteiger partial charge is 0.220 e. The van der Waals surface area contributed by atoms with Gasteiger partial charge >= 0.3 is 0 Å². The molecule has 1 aliphatic rings. The second kappa shape index (κ2) is 8.17. The van der Waals surface area contributed by atoms with Crippen LogP contribution in [0.3, 0.4) is 0 Å². The topological polar surface area (TPSA) is 73.3 Å². The third-order valence-corrected chi connectivity index (χ3v) is 4.73. The van der Waals surface area contributed by atoms with E-state index >= 15 is 0 Å². The summed E-state index contributed by atoms with van der Waals surface area (Å²) in [6.45, 7) is 1.89. The first-order valence-corrected chi connectivity index (χ1v) is 8.93. The molecule has 1 aromatic carbocycles. The molecule has 0 spiro atoms. The van der Waals surface area contributed by atoms with Gasteiger partial charge in [0.15, 0.2) is 11.5 Å². The number of methoxy groups -OCH3 is 2. The predicted octanol–water partition coefficient (Wildman–Crippen LogP) is 2.93. The number of rotatable bonds is 6. The number of benzene rings is 1. The molecule has 138 valence electrons. The molecule has 1 aliphatic carbocycles. The Bertz CT molecular complexity index is 792. The molecule has 6 heteroatoms. The maximum absolute atomic E-state index is 12.4. The van der Waals surface area contributed by atoms with E-state index in [2.05, 4.69) is 15.3 Å². The van der Waals surface area contributed by atoms with Crippen LogP contribution in [0.25, 0.3) is 0 Å². The zero-order valence-electron chi connectivity index (χ0n) is 15.5. The molecule has 1 atom stereocenters. The lowest BCUT2D eigenvalue weighted by molar-refractivity contribution is -0.121. The Balaban J connectivity index is 1.60. The van der Waals surface area contributed by atoms with Crippen molar-refractivity contribution < 1.29 is 14.3 Å². The first-order chi connectivity index (χ1) is 12.6. The van der Waals surface area contributed by atoms with Crippen LogP contribution in [0.5, 0.6) is 11.5 Å². The lowest BCUT2D eigenvalue weighted by Gasteiger charge is -2.25. The highest BCUT2D eigenvalue weighted by molar-refractivity contribution is 5.76. The van der Waals surface area contributed by atoms with E-state index in [9.17, 15) is 4.79 Å². The summed E-state index contributed by atoms with van der Waals surface area (Å²) >= 11 is 0. The number of nitrogens with one attached hydrogen (secondary N) is 1. The molecule has 0 saturated carbocycles. The van der Waals surface area contributed by atoms with Gasteiger partial charge < -0.3 is 14.8 Å². The van der Waals surface area contributed by atoms with Crippen LogP contribution >= 0.6 is 0 Å². The van der Waals surface area contributed by atoms with Crippen molar-refractivity contribution in [1.82, 2.24) is 15.3 Å². The Hall–Kier alpha value is -2.63. The summed E-state index contributed by atoms with van der Waals surface area (Å²) in [5.74, 6) is 2.19. The fourth-order valence-corrected chi connectivity index (χ4v) is 3.36. The highest BCUT2D eigenvalue weighted by Gasteiger charge is 2.23. The van der Waals surface area contributed by atoms with E-state index in [4.69, 9.17) is 9.47 Å². The Kier molecular flexibility index (Phi) is 5.71. The molecule has 1 heterocycles. The van der Waals surface area contributed by atoms with Crippen LogP contribution in [0.4, 0.5) is 0 Å². The number of fused-ring (bicyclic) bond motifs is 1. The first kappa shape index (κ1) is 18.2. The summed E-state index contributed by atoms with van der Waals surface area (Å²) < 4.78 is 10.6. The number of amides is 1. The number of ether oxygens (including phenoxy) is 2. The zero-order chi connectivity index (χ0) is 18.5. The van der Waals surface area contributed by atoms with E-state index in [1.807, 2.05) is 31.3 Å². The molecule has 0 unspecified atom stereocenters. The van der Waals surface area contributed by atoms with E-state index in [-0.39, 0.29) is 11.9 Å². The number of aryl methyl sites for hydroxylation is 3. The number of carbonyl (C=O) groups is 1. The summed E-state index contributed by atoms with van der Waals surface area (Å²) in [5, 5.41) is 3.14. The second-order valence-corrected chi connectivity index (χ2v) is 6.52.